The quantitative estimate of drug-likeness (QED) is 0.342. The maximum atomic E-state index is 5.53. The monoisotopic (exact) mass is 395 g/mol. The van der Waals surface area contributed by atoms with Gasteiger partial charge < -0.3 is 20.3 Å². The molecule has 0 amide bonds. The summed E-state index contributed by atoms with van der Waals surface area (Å²) < 4.78 is 5.53. The van der Waals surface area contributed by atoms with Gasteiger partial charge in [0.05, 0.1) is 25.8 Å². The Morgan fingerprint density at radius 3 is 2.67 bits per heavy atom. The summed E-state index contributed by atoms with van der Waals surface area (Å²) in [4.78, 5) is 11.3. The van der Waals surface area contributed by atoms with Crippen molar-refractivity contribution in [3.8, 4) is 0 Å². The molecule has 1 saturated heterocycles. The molecule has 27 heavy (non-hydrogen) atoms. The maximum absolute atomic E-state index is 5.53. The predicted octanol–water partition coefficient (Wildman–Crippen LogP) is 2.41. The molecule has 1 fully saturated rings. The third-order valence-electron chi connectivity index (χ3n) is 4.96. The number of aliphatic imine (C=N–C) groups is 1. The summed E-state index contributed by atoms with van der Waals surface area (Å²) >= 11 is 1.82. The Labute approximate surface area is 169 Å². The molecule has 2 rings (SSSR count). The molecule has 2 heterocycles. The van der Waals surface area contributed by atoms with Crippen molar-refractivity contribution in [3.63, 3.8) is 0 Å². The third kappa shape index (κ3) is 7.78. The van der Waals surface area contributed by atoms with Crippen molar-refractivity contribution >= 4 is 17.3 Å². The van der Waals surface area contributed by atoms with Crippen LogP contribution in [0.3, 0.4) is 0 Å². The van der Waals surface area contributed by atoms with Crippen molar-refractivity contribution in [2.45, 2.75) is 33.2 Å². The summed E-state index contributed by atoms with van der Waals surface area (Å²) in [5.74, 6) is 0.923. The molecule has 0 spiro atoms. The van der Waals surface area contributed by atoms with E-state index in [1.165, 1.54) is 4.88 Å². The lowest BCUT2D eigenvalue weighted by Crippen LogP contribution is -2.42. The minimum absolute atomic E-state index is 0.333. The van der Waals surface area contributed by atoms with Crippen LogP contribution in [0.1, 0.15) is 38.1 Å². The van der Waals surface area contributed by atoms with E-state index in [0.717, 1.165) is 78.0 Å². The van der Waals surface area contributed by atoms with Gasteiger partial charge in [-0.15, -0.1) is 11.3 Å². The fraction of sp³-hybridized carbons (Fsp3) is 0.750. The van der Waals surface area contributed by atoms with E-state index >= 15 is 0 Å². The Morgan fingerprint density at radius 2 is 2.04 bits per heavy atom. The lowest BCUT2D eigenvalue weighted by atomic mass is 10.2. The van der Waals surface area contributed by atoms with E-state index in [0.29, 0.717) is 6.04 Å². The van der Waals surface area contributed by atoms with E-state index < -0.39 is 0 Å². The van der Waals surface area contributed by atoms with Gasteiger partial charge in [-0.3, -0.25) is 9.89 Å². The SMILES string of the molecule is CCNC(=NCC(c1cccs1)N1CCOCC1)NCCCN(CC)CC. The smallest absolute Gasteiger partial charge is 0.191 e. The Hall–Kier alpha value is -1.15. The fourth-order valence-corrected chi connectivity index (χ4v) is 4.18. The van der Waals surface area contributed by atoms with Crippen LogP contribution in [0.4, 0.5) is 0 Å². The van der Waals surface area contributed by atoms with E-state index in [9.17, 15) is 0 Å². The molecule has 2 N–H and O–H groups in total. The molecule has 6 nitrogen and oxygen atoms in total. The number of guanidine groups is 1. The molecule has 0 radical (unpaired) electrons. The summed E-state index contributed by atoms with van der Waals surface area (Å²) in [6.07, 6.45) is 1.13. The van der Waals surface area contributed by atoms with Crippen molar-refractivity contribution in [2.24, 2.45) is 4.99 Å². The zero-order chi connectivity index (χ0) is 19.3. The predicted molar refractivity (Wildman–Crippen MR) is 116 cm³/mol. The van der Waals surface area contributed by atoms with Crippen LogP contribution in [0.2, 0.25) is 0 Å². The molecule has 1 aromatic heterocycles. The highest BCUT2D eigenvalue weighted by molar-refractivity contribution is 7.10. The minimum atomic E-state index is 0.333. The highest BCUT2D eigenvalue weighted by Gasteiger charge is 2.23. The molecule has 1 aromatic rings. The molecule has 0 aliphatic carbocycles. The van der Waals surface area contributed by atoms with Gasteiger partial charge >= 0.3 is 0 Å². The van der Waals surface area contributed by atoms with Crippen LogP contribution in [-0.2, 0) is 4.74 Å². The maximum Gasteiger partial charge on any atom is 0.191 e. The normalized spacial score (nSPS) is 17.3. The highest BCUT2D eigenvalue weighted by Crippen LogP contribution is 2.26. The molecule has 1 aliphatic rings. The van der Waals surface area contributed by atoms with Crippen LogP contribution in [0.15, 0.2) is 22.5 Å². The zero-order valence-corrected chi connectivity index (χ0v) is 18.1. The average molecular weight is 396 g/mol. The van der Waals surface area contributed by atoms with Crippen molar-refractivity contribution < 1.29 is 4.74 Å². The first-order chi connectivity index (χ1) is 13.3. The molecular weight excluding hydrogens is 358 g/mol. The van der Waals surface area contributed by atoms with Crippen LogP contribution in [0.5, 0.6) is 0 Å². The Morgan fingerprint density at radius 1 is 1.26 bits per heavy atom. The Bertz CT molecular complexity index is 512. The van der Waals surface area contributed by atoms with Gasteiger partial charge in [0.1, 0.15) is 0 Å². The van der Waals surface area contributed by atoms with Gasteiger partial charge in [-0.05, 0) is 44.4 Å². The number of morpholine rings is 1. The molecule has 7 heteroatoms. The van der Waals surface area contributed by atoms with Crippen molar-refractivity contribution in [1.29, 1.82) is 0 Å². The number of rotatable bonds is 11. The van der Waals surface area contributed by atoms with E-state index in [4.69, 9.17) is 9.73 Å². The third-order valence-corrected chi connectivity index (χ3v) is 5.94. The molecule has 0 aromatic carbocycles. The molecule has 0 saturated carbocycles. The first kappa shape index (κ1) is 22.1. The standard InChI is InChI=1S/C20H37N5OS/c1-4-21-20(22-10-8-11-24(5-2)6-3)23-17-18(19-9-7-16-27-19)25-12-14-26-15-13-25/h7,9,16,18H,4-6,8,10-15,17H2,1-3H3,(H2,21,22,23). The minimum Gasteiger partial charge on any atom is -0.379 e. The van der Waals surface area contributed by atoms with Gasteiger partial charge in [0.15, 0.2) is 5.96 Å². The van der Waals surface area contributed by atoms with Gasteiger partial charge in [-0.25, -0.2) is 0 Å². The summed E-state index contributed by atoms with van der Waals surface area (Å²) in [7, 11) is 0. The molecule has 0 bridgehead atoms. The van der Waals surface area contributed by atoms with Gasteiger partial charge in [-0.2, -0.15) is 0 Å². The molecular formula is C20H37N5OS. The van der Waals surface area contributed by atoms with Crippen LogP contribution in [0, 0.1) is 0 Å². The van der Waals surface area contributed by atoms with E-state index in [1.54, 1.807) is 0 Å². The fourth-order valence-electron chi connectivity index (χ4n) is 3.32. The number of nitrogens with one attached hydrogen (secondary N) is 2. The van der Waals surface area contributed by atoms with E-state index in [2.05, 4.69) is 58.7 Å². The second kappa shape index (κ2) is 13.1. The van der Waals surface area contributed by atoms with E-state index in [-0.39, 0.29) is 0 Å². The lowest BCUT2D eigenvalue weighted by molar-refractivity contribution is 0.0186. The Balaban J connectivity index is 1.91. The van der Waals surface area contributed by atoms with E-state index in [1.807, 2.05) is 11.3 Å². The number of hydrogen-bond donors (Lipinski definition) is 2. The molecule has 1 unspecified atom stereocenters. The average Bonchev–Trinajstić information content (AvgIpc) is 3.23. The summed E-state index contributed by atoms with van der Waals surface area (Å²) in [6, 6.07) is 4.69. The largest absolute Gasteiger partial charge is 0.379 e. The second-order valence-electron chi connectivity index (χ2n) is 6.71. The first-order valence-electron chi connectivity index (χ1n) is 10.4. The number of ether oxygens (including phenoxy) is 1. The molecule has 1 atom stereocenters. The van der Waals surface area contributed by atoms with Gasteiger partial charge in [0.2, 0.25) is 0 Å². The van der Waals surface area contributed by atoms with Crippen molar-refractivity contribution in [1.82, 2.24) is 20.4 Å². The van der Waals surface area contributed by atoms with Crippen LogP contribution in [0.25, 0.3) is 0 Å². The van der Waals surface area contributed by atoms with Crippen molar-refractivity contribution in [3.05, 3.63) is 22.4 Å². The topological polar surface area (TPSA) is 52.1 Å². The van der Waals surface area contributed by atoms with Crippen LogP contribution >= 0.6 is 11.3 Å². The summed E-state index contributed by atoms with van der Waals surface area (Å²) in [5.41, 5.74) is 0. The second-order valence-corrected chi connectivity index (χ2v) is 7.69. The zero-order valence-electron chi connectivity index (χ0n) is 17.2. The van der Waals surface area contributed by atoms with Gasteiger partial charge in [0, 0.05) is 31.1 Å². The van der Waals surface area contributed by atoms with Crippen molar-refractivity contribution in [2.75, 3.05) is 65.6 Å². The summed E-state index contributed by atoms with van der Waals surface area (Å²) in [6.45, 7) is 16.1. The summed E-state index contributed by atoms with van der Waals surface area (Å²) in [5, 5.41) is 9.04. The number of hydrogen-bond acceptors (Lipinski definition) is 5. The Kier molecular flexibility index (Phi) is 10.7. The number of nitrogens with zero attached hydrogens (tertiary/aromatic N) is 3. The van der Waals surface area contributed by atoms with Crippen LogP contribution < -0.4 is 10.6 Å². The van der Waals surface area contributed by atoms with Crippen LogP contribution in [-0.4, -0.2) is 81.3 Å². The molecule has 1 aliphatic heterocycles. The first-order valence-corrected chi connectivity index (χ1v) is 11.3. The van der Waals surface area contributed by atoms with Gasteiger partial charge in [-0.1, -0.05) is 19.9 Å². The number of thiophene rings is 1. The van der Waals surface area contributed by atoms with Gasteiger partial charge in [0.25, 0.3) is 0 Å². The highest BCUT2D eigenvalue weighted by atomic mass is 32.1. The lowest BCUT2D eigenvalue weighted by Gasteiger charge is -2.33. The molecule has 154 valence electrons.